The predicted molar refractivity (Wildman–Crippen MR) is 134 cm³/mol. The van der Waals surface area contributed by atoms with Crippen molar-refractivity contribution in [2.45, 2.75) is 13.0 Å². The molecule has 4 aromatic carbocycles. The summed E-state index contributed by atoms with van der Waals surface area (Å²) in [7, 11) is 0. The van der Waals surface area contributed by atoms with E-state index in [0.29, 0.717) is 22.4 Å². The second-order valence-electron chi connectivity index (χ2n) is 8.77. The van der Waals surface area contributed by atoms with Crippen LogP contribution >= 0.6 is 0 Å². The summed E-state index contributed by atoms with van der Waals surface area (Å²) in [5.74, 6) is -2.86. The van der Waals surface area contributed by atoms with Gasteiger partial charge >= 0.3 is 0 Å². The van der Waals surface area contributed by atoms with Crippen LogP contribution in [0.2, 0.25) is 0 Å². The van der Waals surface area contributed by atoms with Crippen LogP contribution in [0.5, 0.6) is 5.75 Å². The van der Waals surface area contributed by atoms with Gasteiger partial charge in [0.05, 0.1) is 17.4 Å². The molecule has 3 unspecified atom stereocenters. The molecule has 0 saturated carbocycles. The molecule has 0 aromatic heterocycles. The second kappa shape index (κ2) is 9.51. The maximum absolute atomic E-state index is 14.0. The summed E-state index contributed by atoms with van der Waals surface area (Å²) in [5.41, 5.74) is 2.90. The van der Waals surface area contributed by atoms with Gasteiger partial charge in [-0.05, 0) is 24.6 Å². The van der Waals surface area contributed by atoms with Crippen LogP contribution in [0.4, 0.5) is 0 Å². The maximum Gasteiger partial charge on any atom is 0.174 e. The van der Waals surface area contributed by atoms with E-state index in [1.165, 1.54) is 0 Å². The predicted octanol–water partition coefficient (Wildman–Crippen LogP) is 6.31. The van der Waals surface area contributed by atoms with E-state index in [1.54, 1.807) is 60.7 Å². The third kappa shape index (κ3) is 4.31. The molecule has 1 aliphatic heterocycles. The molecule has 0 amide bonds. The highest BCUT2D eigenvalue weighted by atomic mass is 16.5. The number of aryl methyl sites for hydroxylation is 1. The molecule has 0 aliphatic carbocycles. The van der Waals surface area contributed by atoms with Gasteiger partial charge < -0.3 is 4.74 Å². The van der Waals surface area contributed by atoms with Crippen LogP contribution in [0.25, 0.3) is 0 Å². The van der Waals surface area contributed by atoms with Gasteiger partial charge in [-0.1, -0.05) is 103 Å². The van der Waals surface area contributed by atoms with Crippen molar-refractivity contribution in [3.05, 3.63) is 137 Å². The molecule has 1 aliphatic rings. The molecule has 0 radical (unpaired) electrons. The van der Waals surface area contributed by atoms with Crippen molar-refractivity contribution < 1.29 is 19.1 Å². The minimum absolute atomic E-state index is 0.268. The first-order valence-electron chi connectivity index (χ1n) is 11.6. The Bertz CT molecular complexity index is 1370. The zero-order valence-electron chi connectivity index (χ0n) is 19.3. The van der Waals surface area contributed by atoms with Gasteiger partial charge in [0, 0.05) is 11.1 Å². The van der Waals surface area contributed by atoms with Crippen molar-refractivity contribution in [3.63, 3.8) is 0 Å². The van der Waals surface area contributed by atoms with Crippen molar-refractivity contribution >= 4 is 17.3 Å². The molecule has 35 heavy (non-hydrogen) atoms. The lowest BCUT2D eigenvalue weighted by molar-refractivity contribution is 0.0428. The standard InChI is InChI=1S/C31H24O4/c1-20-16-18-22(19-17-20)29(33)26(28(32)21-10-4-2-5-11-21)27-30(34)24-14-8-9-15-25(24)35-31(27)23-12-6-3-7-13-23/h2-19,26-27,31H,1H3. The SMILES string of the molecule is Cc1ccc(C(=O)C(C(=O)c2ccccc2)C2C(=O)c3ccccc3OC2c2ccccc2)cc1. The van der Waals surface area contributed by atoms with Crippen molar-refractivity contribution in [2.75, 3.05) is 0 Å². The highest BCUT2D eigenvalue weighted by molar-refractivity contribution is 6.20. The van der Waals surface area contributed by atoms with Gasteiger partial charge in [-0.3, -0.25) is 14.4 Å². The molecule has 1 heterocycles. The summed E-state index contributed by atoms with van der Waals surface area (Å²) in [6.45, 7) is 1.93. The van der Waals surface area contributed by atoms with Gasteiger partial charge in [0.2, 0.25) is 0 Å². The summed E-state index contributed by atoms with van der Waals surface area (Å²) in [6, 6.07) is 32.1. The molecule has 0 saturated heterocycles. The molecule has 4 aromatic rings. The number of carbonyl (C=O) groups is 3. The molecule has 0 bridgehead atoms. The van der Waals surface area contributed by atoms with Crippen LogP contribution < -0.4 is 4.74 Å². The van der Waals surface area contributed by atoms with E-state index >= 15 is 0 Å². The van der Waals surface area contributed by atoms with E-state index in [2.05, 4.69) is 0 Å². The van der Waals surface area contributed by atoms with Crippen LogP contribution in [0, 0.1) is 18.8 Å². The van der Waals surface area contributed by atoms with E-state index in [0.717, 1.165) is 11.1 Å². The monoisotopic (exact) mass is 460 g/mol. The maximum atomic E-state index is 14.0. The first kappa shape index (κ1) is 22.5. The van der Waals surface area contributed by atoms with Gasteiger partial charge in [0.1, 0.15) is 11.9 Å². The molecule has 4 nitrogen and oxygen atoms in total. The van der Waals surface area contributed by atoms with E-state index in [-0.39, 0.29) is 11.6 Å². The third-order valence-electron chi connectivity index (χ3n) is 6.48. The van der Waals surface area contributed by atoms with Gasteiger partial charge in [0.15, 0.2) is 17.3 Å². The fraction of sp³-hybridized carbons (Fsp3) is 0.129. The molecule has 0 fully saturated rings. The lowest BCUT2D eigenvalue weighted by Crippen LogP contribution is -2.43. The normalized spacial score (nSPS) is 17.7. The number of rotatable bonds is 6. The highest BCUT2D eigenvalue weighted by Gasteiger charge is 2.48. The Hall–Kier alpha value is -4.31. The number of fused-ring (bicyclic) bond motifs is 1. The number of ether oxygens (including phenoxy) is 1. The summed E-state index contributed by atoms with van der Waals surface area (Å²) in [6.07, 6.45) is -0.786. The fourth-order valence-corrected chi connectivity index (χ4v) is 4.67. The minimum Gasteiger partial charge on any atom is -0.484 e. The molecule has 4 heteroatoms. The summed E-state index contributed by atoms with van der Waals surface area (Å²) in [5, 5.41) is 0. The minimum atomic E-state index is -1.24. The van der Waals surface area contributed by atoms with Gasteiger partial charge in [-0.2, -0.15) is 0 Å². The van der Waals surface area contributed by atoms with E-state index in [9.17, 15) is 14.4 Å². The zero-order chi connectivity index (χ0) is 24.4. The van der Waals surface area contributed by atoms with Crippen molar-refractivity contribution in [1.29, 1.82) is 0 Å². The molecular weight excluding hydrogens is 436 g/mol. The number of Topliss-reactive ketones (excluding diaryl/α,β-unsaturated/α-hetero) is 3. The van der Waals surface area contributed by atoms with E-state index < -0.39 is 23.7 Å². The highest BCUT2D eigenvalue weighted by Crippen LogP contribution is 2.43. The number of carbonyl (C=O) groups excluding carboxylic acids is 3. The Balaban J connectivity index is 1.69. The molecule has 0 spiro atoms. The van der Waals surface area contributed by atoms with Crippen LogP contribution in [0.15, 0.2) is 109 Å². The van der Waals surface area contributed by atoms with Crippen LogP contribution in [0.3, 0.4) is 0 Å². The number of para-hydroxylation sites is 1. The summed E-state index contributed by atoms with van der Waals surface area (Å²) < 4.78 is 6.35. The molecule has 172 valence electrons. The molecule has 0 N–H and O–H groups in total. The van der Waals surface area contributed by atoms with Crippen molar-refractivity contribution in [1.82, 2.24) is 0 Å². The zero-order valence-corrected chi connectivity index (χ0v) is 19.3. The number of benzene rings is 4. The topological polar surface area (TPSA) is 60.4 Å². The largest absolute Gasteiger partial charge is 0.484 e. The summed E-state index contributed by atoms with van der Waals surface area (Å²) in [4.78, 5) is 41.9. The third-order valence-corrected chi connectivity index (χ3v) is 6.48. The molecule has 5 rings (SSSR count). The van der Waals surface area contributed by atoms with Gasteiger partial charge in [0.25, 0.3) is 0 Å². The fourth-order valence-electron chi connectivity index (χ4n) is 4.67. The number of ketones is 3. The van der Waals surface area contributed by atoms with Gasteiger partial charge in [-0.25, -0.2) is 0 Å². The van der Waals surface area contributed by atoms with Crippen LogP contribution in [0.1, 0.15) is 48.3 Å². The number of hydrogen-bond acceptors (Lipinski definition) is 4. The average Bonchev–Trinajstić information content (AvgIpc) is 2.91. The van der Waals surface area contributed by atoms with Crippen LogP contribution in [-0.4, -0.2) is 17.3 Å². The quantitative estimate of drug-likeness (QED) is 0.250. The Labute approximate surface area is 204 Å². The Morgan fingerprint density at radius 1 is 0.686 bits per heavy atom. The van der Waals surface area contributed by atoms with Gasteiger partial charge in [-0.15, -0.1) is 0 Å². The number of hydrogen-bond donors (Lipinski definition) is 0. The molecule has 3 atom stereocenters. The lowest BCUT2D eigenvalue weighted by Gasteiger charge is -2.36. The smallest absolute Gasteiger partial charge is 0.174 e. The van der Waals surface area contributed by atoms with E-state index in [4.69, 9.17) is 4.74 Å². The van der Waals surface area contributed by atoms with Crippen LogP contribution in [-0.2, 0) is 0 Å². The van der Waals surface area contributed by atoms with E-state index in [1.807, 2.05) is 55.5 Å². The molecular formula is C31H24O4. The lowest BCUT2D eigenvalue weighted by atomic mass is 9.71. The Kier molecular flexibility index (Phi) is 6.11. The Morgan fingerprint density at radius 3 is 1.89 bits per heavy atom. The Morgan fingerprint density at radius 2 is 1.23 bits per heavy atom. The first-order valence-corrected chi connectivity index (χ1v) is 11.6. The summed E-state index contributed by atoms with van der Waals surface area (Å²) >= 11 is 0. The van der Waals surface area contributed by atoms with Crippen molar-refractivity contribution in [3.8, 4) is 5.75 Å². The second-order valence-corrected chi connectivity index (χ2v) is 8.77. The van der Waals surface area contributed by atoms with Crippen molar-refractivity contribution in [2.24, 2.45) is 11.8 Å². The first-order chi connectivity index (χ1) is 17.0. The average molecular weight is 461 g/mol.